The number of nitrogens with one attached hydrogen (secondary N) is 1. The van der Waals surface area contributed by atoms with E-state index >= 15 is 0 Å². The van der Waals surface area contributed by atoms with Crippen molar-refractivity contribution >= 4 is 33.1 Å². The summed E-state index contributed by atoms with van der Waals surface area (Å²) in [4.78, 5) is 20.9. The minimum absolute atomic E-state index is 0.254. The van der Waals surface area contributed by atoms with Crippen LogP contribution in [0.4, 0.5) is 5.69 Å². The Hall–Kier alpha value is -3.06. The summed E-state index contributed by atoms with van der Waals surface area (Å²) in [6.07, 6.45) is 3.53. The minimum atomic E-state index is -0.308. The maximum atomic E-state index is 12.2. The molecule has 0 radical (unpaired) electrons. The van der Waals surface area contributed by atoms with Gasteiger partial charge in [0.25, 0.3) is 5.91 Å². The largest absolute Gasteiger partial charge is 0.361 e. The third-order valence-corrected chi connectivity index (χ3v) is 4.47. The number of pyridine rings is 1. The molecule has 0 aliphatic carbocycles. The highest BCUT2D eigenvalue weighted by atomic mass is 32.1. The van der Waals surface area contributed by atoms with Crippen LogP contribution < -0.4 is 5.32 Å². The number of carbonyl (C=O) groups is 1. The number of rotatable bonds is 3. The summed E-state index contributed by atoms with van der Waals surface area (Å²) < 4.78 is 5.95. The first-order valence-corrected chi connectivity index (χ1v) is 8.06. The molecule has 0 spiro atoms. The van der Waals surface area contributed by atoms with Crippen LogP contribution in [-0.4, -0.2) is 21.0 Å². The van der Waals surface area contributed by atoms with Gasteiger partial charge >= 0.3 is 0 Å². The lowest BCUT2D eigenvalue weighted by molar-refractivity contribution is 0.101. The van der Waals surface area contributed by atoms with Gasteiger partial charge in [-0.2, -0.15) is 0 Å². The first-order chi connectivity index (χ1) is 11.7. The molecular formula is C17H12N4O2S. The zero-order valence-electron chi connectivity index (χ0n) is 12.7. The Morgan fingerprint density at radius 1 is 1.25 bits per heavy atom. The van der Waals surface area contributed by atoms with Crippen molar-refractivity contribution in [1.29, 1.82) is 0 Å². The van der Waals surface area contributed by atoms with E-state index in [2.05, 4.69) is 20.4 Å². The normalized spacial score (nSPS) is 10.9. The van der Waals surface area contributed by atoms with Gasteiger partial charge in [0.05, 0.1) is 10.2 Å². The average Bonchev–Trinajstić information content (AvgIpc) is 3.21. The van der Waals surface area contributed by atoms with Gasteiger partial charge in [-0.3, -0.25) is 9.78 Å². The molecule has 4 rings (SSSR count). The molecule has 0 saturated heterocycles. The van der Waals surface area contributed by atoms with Gasteiger partial charge in [-0.25, -0.2) is 4.98 Å². The number of hydrogen-bond acceptors (Lipinski definition) is 6. The average molecular weight is 336 g/mol. The predicted molar refractivity (Wildman–Crippen MR) is 92.0 cm³/mol. The van der Waals surface area contributed by atoms with Crippen LogP contribution in [0.25, 0.3) is 20.8 Å². The third-order valence-electron chi connectivity index (χ3n) is 3.42. The van der Waals surface area contributed by atoms with E-state index in [0.29, 0.717) is 11.4 Å². The first-order valence-electron chi connectivity index (χ1n) is 7.25. The molecule has 1 N–H and O–H groups in total. The molecule has 24 heavy (non-hydrogen) atoms. The highest BCUT2D eigenvalue weighted by Crippen LogP contribution is 2.30. The Morgan fingerprint density at radius 3 is 2.96 bits per heavy atom. The number of hydrogen-bond donors (Lipinski definition) is 1. The molecule has 3 aromatic heterocycles. The van der Waals surface area contributed by atoms with Crippen LogP contribution in [0, 0.1) is 6.92 Å². The number of fused-ring (bicyclic) bond motifs is 1. The number of amides is 1. The maximum absolute atomic E-state index is 12.2. The van der Waals surface area contributed by atoms with Crippen LogP contribution in [0.1, 0.15) is 16.2 Å². The van der Waals surface area contributed by atoms with Gasteiger partial charge in [0.2, 0.25) is 0 Å². The highest BCUT2D eigenvalue weighted by Gasteiger charge is 2.12. The lowest BCUT2D eigenvalue weighted by Gasteiger charge is -2.04. The molecule has 0 fully saturated rings. The fraction of sp³-hybridized carbons (Fsp3) is 0.0588. The fourth-order valence-electron chi connectivity index (χ4n) is 2.30. The number of nitrogens with zero attached hydrogens (tertiary/aromatic N) is 3. The standard InChI is InChI=1S/C17H12N4O2S/c1-10-7-14(21-23-10)16(22)19-12-4-2-3-11(8-12)17-20-13-5-6-18-9-15(13)24-17/h2-9H,1H3,(H,19,22). The molecule has 118 valence electrons. The SMILES string of the molecule is Cc1cc(C(=O)Nc2cccc(-c3nc4ccncc4s3)c2)no1. The Labute approximate surface area is 141 Å². The number of aryl methyl sites for hydroxylation is 1. The molecule has 6 nitrogen and oxygen atoms in total. The lowest BCUT2D eigenvalue weighted by Crippen LogP contribution is -2.12. The summed E-state index contributed by atoms with van der Waals surface area (Å²) in [5.41, 5.74) is 2.78. The van der Waals surface area contributed by atoms with Crippen LogP contribution in [0.15, 0.2) is 53.3 Å². The van der Waals surface area contributed by atoms with Gasteiger partial charge in [0.1, 0.15) is 10.8 Å². The van der Waals surface area contributed by atoms with Crippen LogP contribution in [0.2, 0.25) is 0 Å². The molecule has 0 atom stereocenters. The molecule has 0 unspecified atom stereocenters. The Bertz CT molecular complexity index is 1000. The van der Waals surface area contributed by atoms with Crippen LogP contribution >= 0.6 is 11.3 Å². The molecular weight excluding hydrogens is 324 g/mol. The minimum Gasteiger partial charge on any atom is -0.361 e. The second-order valence-corrected chi connectivity index (χ2v) is 6.25. The van der Waals surface area contributed by atoms with E-state index in [9.17, 15) is 4.79 Å². The first kappa shape index (κ1) is 14.5. The second kappa shape index (κ2) is 5.86. The van der Waals surface area contributed by atoms with E-state index in [1.807, 2.05) is 30.3 Å². The molecule has 4 aromatic rings. The molecule has 0 bridgehead atoms. The third kappa shape index (κ3) is 2.77. The van der Waals surface area contributed by atoms with E-state index in [0.717, 1.165) is 20.8 Å². The van der Waals surface area contributed by atoms with E-state index in [1.165, 1.54) is 0 Å². The van der Waals surface area contributed by atoms with E-state index < -0.39 is 0 Å². The Kier molecular flexibility index (Phi) is 3.55. The van der Waals surface area contributed by atoms with Crippen molar-refractivity contribution in [3.8, 4) is 10.6 Å². The van der Waals surface area contributed by atoms with Gasteiger partial charge in [-0.05, 0) is 25.1 Å². The smallest absolute Gasteiger partial charge is 0.277 e. The monoisotopic (exact) mass is 336 g/mol. The van der Waals surface area contributed by atoms with Crippen molar-refractivity contribution in [2.45, 2.75) is 6.92 Å². The van der Waals surface area contributed by atoms with Crippen molar-refractivity contribution in [2.75, 3.05) is 5.32 Å². The number of anilines is 1. The Morgan fingerprint density at radius 2 is 2.17 bits per heavy atom. The van der Waals surface area contributed by atoms with Gasteiger partial charge < -0.3 is 9.84 Å². The number of aromatic nitrogens is 3. The topological polar surface area (TPSA) is 80.9 Å². The zero-order valence-corrected chi connectivity index (χ0v) is 13.5. The summed E-state index contributed by atoms with van der Waals surface area (Å²) >= 11 is 1.56. The van der Waals surface area contributed by atoms with Gasteiger partial charge in [0, 0.05) is 29.7 Å². The highest BCUT2D eigenvalue weighted by molar-refractivity contribution is 7.21. The van der Waals surface area contributed by atoms with Crippen LogP contribution in [0.3, 0.4) is 0 Å². The fourth-order valence-corrected chi connectivity index (χ4v) is 3.23. The quantitative estimate of drug-likeness (QED) is 0.613. The van der Waals surface area contributed by atoms with Crippen molar-refractivity contribution in [2.24, 2.45) is 0 Å². The maximum Gasteiger partial charge on any atom is 0.277 e. The number of thiazole rings is 1. The van der Waals surface area contributed by atoms with Crippen molar-refractivity contribution < 1.29 is 9.32 Å². The van der Waals surface area contributed by atoms with Crippen LogP contribution in [-0.2, 0) is 0 Å². The summed E-state index contributed by atoms with van der Waals surface area (Å²) in [7, 11) is 0. The summed E-state index contributed by atoms with van der Waals surface area (Å²) in [6.45, 7) is 1.74. The number of benzene rings is 1. The van der Waals surface area contributed by atoms with E-state index in [4.69, 9.17) is 4.52 Å². The second-order valence-electron chi connectivity index (χ2n) is 5.22. The summed E-state index contributed by atoms with van der Waals surface area (Å²) in [5.74, 6) is 0.287. The molecule has 1 amide bonds. The summed E-state index contributed by atoms with van der Waals surface area (Å²) in [5, 5.41) is 7.42. The zero-order chi connectivity index (χ0) is 16.5. The molecule has 0 saturated carbocycles. The van der Waals surface area contributed by atoms with Crippen molar-refractivity contribution in [1.82, 2.24) is 15.1 Å². The molecule has 0 aliphatic heterocycles. The molecule has 7 heteroatoms. The molecule has 3 heterocycles. The molecule has 0 aliphatic rings. The summed E-state index contributed by atoms with van der Waals surface area (Å²) in [6, 6.07) is 11.0. The van der Waals surface area contributed by atoms with E-state index in [-0.39, 0.29) is 11.6 Å². The van der Waals surface area contributed by atoms with Crippen LogP contribution in [0.5, 0.6) is 0 Å². The lowest BCUT2D eigenvalue weighted by atomic mass is 10.2. The number of carbonyl (C=O) groups excluding carboxylic acids is 1. The predicted octanol–water partition coefficient (Wildman–Crippen LogP) is 3.91. The van der Waals surface area contributed by atoms with Crippen molar-refractivity contribution in [3.05, 3.63) is 60.2 Å². The van der Waals surface area contributed by atoms with Crippen molar-refractivity contribution in [3.63, 3.8) is 0 Å². The Balaban J connectivity index is 1.62. The van der Waals surface area contributed by atoms with Gasteiger partial charge in [-0.15, -0.1) is 11.3 Å². The van der Waals surface area contributed by atoms with Gasteiger partial charge in [-0.1, -0.05) is 17.3 Å². The molecule has 1 aromatic carbocycles. The van der Waals surface area contributed by atoms with E-state index in [1.54, 1.807) is 36.7 Å². The van der Waals surface area contributed by atoms with Gasteiger partial charge in [0.15, 0.2) is 5.69 Å².